The van der Waals surface area contributed by atoms with E-state index in [2.05, 4.69) is 5.32 Å². The summed E-state index contributed by atoms with van der Waals surface area (Å²) in [6.45, 7) is 6.41. The molecule has 1 aliphatic carbocycles. The van der Waals surface area contributed by atoms with Crippen molar-refractivity contribution in [1.82, 2.24) is 14.5 Å². The van der Waals surface area contributed by atoms with Crippen molar-refractivity contribution < 1.29 is 9.59 Å². The summed E-state index contributed by atoms with van der Waals surface area (Å²) >= 11 is 0. The number of hydrogen-bond acceptors (Lipinski definition) is 3. The summed E-state index contributed by atoms with van der Waals surface area (Å²) in [5.41, 5.74) is 3.73. The van der Waals surface area contributed by atoms with Crippen LogP contribution < -0.4 is 5.32 Å². The zero-order valence-corrected chi connectivity index (χ0v) is 17.8. The lowest BCUT2D eigenvalue weighted by Crippen LogP contribution is -2.34. The molecule has 30 heavy (non-hydrogen) atoms. The van der Waals surface area contributed by atoms with Gasteiger partial charge in [-0.1, -0.05) is 24.3 Å². The minimum atomic E-state index is -0.0691. The van der Waals surface area contributed by atoms with Gasteiger partial charge in [0, 0.05) is 31.1 Å². The average molecular weight is 405 g/mol. The van der Waals surface area contributed by atoms with Crippen LogP contribution in [0.5, 0.6) is 0 Å². The fraction of sp³-hybridized carbons (Fsp3) is 0.375. The lowest BCUT2D eigenvalue weighted by molar-refractivity contribution is -0.131. The van der Waals surface area contributed by atoms with Crippen LogP contribution >= 0.6 is 0 Å². The average Bonchev–Trinajstić information content (AvgIpc) is 3.49. The van der Waals surface area contributed by atoms with Gasteiger partial charge in [0.25, 0.3) is 0 Å². The van der Waals surface area contributed by atoms with E-state index in [9.17, 15) is 9.59 Å². The van der Waals surface area contributed by atoms with Crippen molar-refractivity contribution >= 4 is 28.5 Å². The Hall–Kier alpha value is -3.15. The molecule has 4 rings (SSSR count). The van der Waals surface area contributed by atoms with Crippen LogP contribution in [0.4, 0.5) is 5.69 Å². The number of rotatable bonds is 7. The molecule has 1 saturated carbocycles. The highest BCUT2D eigenvalue weighted by Crippen LogP contribution is 2.40. The molecule has 2 amide bonds. The molecular weight excluding hydrogens is 376 g/mol. The monoisotopic (exact) mass is 404 g/mol. The molecule has 0 aliphatic heterocycles. The van der Waals surface area contributed by atoms with Crippen LogP contribution in [0.2, 0.25) is 0 Å². The minimum absolute atomic E-state index is 0.0569. The Morgan fingerprint density at radius 1 is 1.13 bits per heavy atom. The molecular formula is C24H28N4O2. The maximum atomic E-state index is 12.7. The van der Waals surface area contributed by atoms with Crippen molar-refractivity contribution in [2.45, 2.75) is 58.7 Å². The molecule has 0 radical (unpaired) electrons. The molecule has 1 aromatic heterocycles. The van der Waals surface area contributed by atoms with Gasteiger partial charge in [-0.15, -0.1) is 0 Å². The van der Waals surface area contributed by atoms with Crippen LogP contribution in [0.25, 0.3) is 11.0 Å². The van der Waals surface area contributed by atoms with Crippen molar-refractivity contribution in [3.05, 3.63) is 59.9 Å². The lowest BCUT2D eigenvalue weighted by Gasteiger charge is -2.25. The summed E-state index contributed by atoms with van der Waals surface area (Å²) < 4.78 is 2.05. The van der Waals surface area contributed by atoms with E-state index in [-0.39, 0.29) is 24.4 Å². The second-order valence-electron chi connectivity index (χ2n) is 8.30. The number of anilines is 1. The molecule has 3 aromatic rings. The predicted octanol–water partition coefficient (Wildman–Crippen LogP) is 4.31. The number of amides is 2. The van der Waals surface area contributed by atoms with Gasteiger partial charge >= 0.3 is 0 Å². The second-order valence-corrected chi connectivity index (χ2v) is 8.30. The molecule has 6 nitrogen and oxygen atoms in total. The summed E-state index contributed by atoms with van der Waals surface area (Å²) in [6.07, 6.45) is 2.28. The van der Waals surface area contributed by atoms with E-state index >= 15 is 0 Å². The highest BCUT2D eigenvalue weighted by atomic mass is 16.2. The maximum absolute atomic E-state index is 12.7. The van der Waals surface area contributed by atoms with Crippen molar-refractivity contribution in [1.29, 1.82) is 0 Å². The molecule has 2 aromatic carbocycles. The highest BCUT2D eigenvalue weighted by molar-refractivity contribution is 5.91. The molecule has 1 fully saturated rings. The van der Waals surface area contributed by atoms with E-state index in [0.29, 0.717) is 12.5 Å². The van der Waals surface area contributed by atoms with E-state index in [0.717, 1.165) is 41.0 Å². The first-order valence-corrected chi connectivity index (χ1v) is 10.5. The lowest BCUT2D eigenvalue weighted by atomic mass is 10.1. The zero-order valence-electron chi connectivity index (χ0n) is 17.8. The summed E-state index contributed by atoms with van der Waals surface area (Å²) in [5, 5.41) is 2.99. The smallest absolute Gasteiger partial charge is 0.244 e. The number of nitrogens with zero attached hydrogens (tertiary/aromatic N) is 3. The molecule has 0 bridgehead atoms. The third-order valence-corrected chi connectivity index (χ3v) is 5.55. The topological polar surface area (TPSA) is 67.2 Å². The third kappa shape index (κ3) is 4.37. The van der Waals surface area contributed by atoms with Gasteiger partial charge in [-0.05, 0) is 56.5 Å². The molecule has 0 saturated heterocycles. The largest absolute Gasteiger partial charge is 0.336 e. The van der Waals surface area contributed by atoms with E-state index < -0.39 is 0 Å². The van der Waals surface area contributed by atoms with Gasteiger partial charge in [-0.25, -0.2) is 4.98 Å². The van der Waals surface area contributed by atoms with Crippen LogP contribution in [0.15, 0.2) is 48.5 Å². The zero-order chi connectivity index (χ0) is 21.3. The molecule has 6 heteroatoms. The van der Waals surface area contributed by atoms with Crippen molar-refractivity contribution in [3.8, 4) is 0 Å². The number of carbonyl (C=O) groups excluding carboxylic acids is 2. The maximum Gasteiger partial charge on any atom is 0.244 e. The van der Waals surface area contributed by atoms with Crippen LogP contribution in [-0.2, 0) is 22.7 Å². The summed E-state index contributed by atoms with van der Waals surface area (Å²) in [6, 6.07) is 15.8. The van der Waals surface area contributed by atoms with Gasteiger partial charge < -0.3 is 14.8 Å². The Balaban J connectivity index is 1.44. The summed E-state index contributed by atoms with van der Waals surface area (Å²) in [5.74, 6) is 1.47. The Morgan fingerprint density at radius 3 is 2.47 bits per heavy atom. The fourth-order valence-electron chi connectivity index (χ4n) is 3.81. The normalized spacial score (nSPS) is 13.6. The Kier molecular flexibility index (Phi) is 5.57. The van der Waals surface area contributed by atoms with E-state index in [4.69, 9.17) is 4.98 Å². The second kappa shape index (κ2) is 8.30. The number of fused-ring (bicyclic) bond motifs is 1. The first-order chi connectivity index (χ1) is 14.4. The van der Waals surface area contributed by atoms with Gasteiger partial charge in [0.1, 0.15) is 12.4 Å². The predicted molar refractivity (Wildman–Crippen MR) is 118 cm³/mol. The van der Waals surface area contributed by atoms with Crippen LogP contribution in [0.1, 0.15) is 50.9 Å². The van der Waals surface area contributed by atoms with Crippen molar-refractivity contribution in [2.24, 2.45) is 0 Å². The quantitative estimate of drug-likeness (QED) is 0.638. The standard InChI is InChI=1S/C24H28N4O2/c1-16(2)27(17(3)29)14-18-8-12-20(13-9-18)25-23(30)15-28-22-7-5-4-6-21(22)26-24(28)19-10-11-19/h4-9,12-13,16,19H,10-11,14-15H2,1-3H3,(H,25,30). The summed E-state index contributed by atoms with van der Waals surface area (Å²) in [7, 11) is 0. The van der Waals surface area contributed by atoms with Gasteiger partial charge in [0.05, 0.1) is 11.0 Å². The van der Waals surface area contributed by atoms with Gasteiger partial charge in [0.2, 0.25) is 11.8 Å². The number of aromatic nitrogens is 2. The van der Waals surface area contributed by atoms with Crippen molar-refractivity contribution in [2.75, 3.05) is 5.32 Å². The number of benzene rings is 2. The Labute approximate surface area is 176 Å². The van der Waals surface area contributed by atoms with Crippen LogP contribution in [0.3, 0.4) is 0 Å². The molecule has 0 atom stereocenters. The van der Waals surface area contributed by atoms with Gasteiger partial charge in [0.15, 0.2) is 0 Å². The van der Waals surface area contributed by atoms with E-state index in [1.54, 1.807) is 6.92 Å². The molecule has 156 valence electrons. The molecule has 1 N–H and O–H groups in total. The number of imidazole rings is 1. The Morgan fingerprint density at radius 2 is 1.83 bits per heavy atom. The van der Waals surface area contributed by atoms with E-state index in [1.165, 1.54) is 0 Å². The first-order valence-electron chi connectivity index (χ1n) is 10.5. The van der Waals surface area contributed by atoms with E-state index in [1.807, 2.05) is 71.8 Å². The minimum Gasteiger partial charge on any atom is -0.336 e. The number of para-hydroxylation sites is 2. The summed E-state index contributed by atoms with van der Waals surface area (Å²) in [4.78, 5) is 31.1. The number of carbonyl (C=O) groups is 2. The molecule has 1 aliphatic rings. The molecule has 1 heterocycles. The SMILES string of the molecule is CC(=O)N(Cc1ccc(NC(=O)Cn2c(C3CC3)nc3ccccc32)cc1)C(C)C. The third-order valence-electron chi connectivity index (χ3n) is 5.55. The number of nitrogens with one attached hydrogen (secondary N) is 1. The fourth-order valence-corrected chi connectivity index (χ4v) is 3.81. The Bertz CT molecular complexity index is 1060. The number of hydrogen-bond donors (Lipinski definition) is 1. The molecule has 0 unspecified atom stereocenters. The highest BCUT2D eigenvalue weighted by Gasteiger charge is 2.30. The molecule has 0 spiro atoms. The van der Waals surface area contributed by atoms with Crippen LogP contribution in [0, 0.1) is 0 Å². The van der Waals surface area contributed by atoms with Gasteiger partial charge in [-0.2, -0.15) is 0 Å². The van der Waals surface area contributed by atoms with Gasteiger partial charge in [-0.3, -0.25) is 9.59 Å². The van der Waals surface area contributed by atoms with Crippen LogP contribution in [-0.4, -0.2) is 32.3 Å². The first kappa shape index (κ1) is 20.1. The van der Waals surface area contributed by atoms with Crippen molar-refractivity contribution in [3.63, 3.8) is 0 Å².